The zero-order valence-corrected chi connectivity index (χ0v) is 8.28. The Morgan fingerprint density at radius 1 is 1.13 bits per heavy atom. The molecule has 2 aliphatic rings. The zero-order valence-electron chi connectivity index (χ0n) is 8.28. The summed E-state index contributed by atoms with van der Waals surface area (Å²) >= 11 is 0. The van der Waals surface area contributed by atoms with Crippen LogP contribution in [0.2, 0.25) is 0 Å². The Hall–Kier alpha value is -0.460. The molecule has 1 heterocycles. The fourth-order valence-electron chi connectivity index (χ4n) is 2.29. The van der Waals surface area contributed by atoms with Crippen molar-refractivity contribution in [2.24, 2.45) is 0 Å². The van der Waals surface area contributed by atoms with Gasteiger partial charge in [-0.05, 0) is 12.8 Å². The molecule has 4 atom stereocenters. The Labute approximate surface area is 87.6 Å². The molecule has 0 aromatic rings. The molecule has 0 aromatic carbocycles. The Morgan fingerprint density at radius 3 is 2.27 bits per heavy atom. The lowest BCUT2D eigenvalue weighted by molar-refractivity contribution is -0.270. The van der Waals surface area contributed by atoms with Crippen LogP contribution in [0.25, 0.3) is 0 Å². The molecular weight excluding hydrogens is 200 g/mol. The number of ether oxygens (including phenoxy) is 1. The summed E-state index contributed by atoms with van der Waals surface area (Å²) in [6.07, 6.45) is 0.258. The SMILES string of the molecule is OC[C@H]1OC2(CC=CC2)[C@@H](O)[C@@H](O)[C@@H]1O. The fraction of sp³-hybridized carbons (Fsp3) is 0.800. The molecule has 0 unspecified atom stereocenters. The van der Waals surface area contributed by atoms with Crippen molar-refractivity contribution in [1.82, 2.24) is 0 Å². The lowest BCUT2D eigenvalue weighted by Gasteiger charge is -2.46. The molecule has 0 amide bonds. The van der Waals surface area contributed by atoms with E-state index >= 15 is 0 Å². The summed E-state index contributed by atoms with van der Waals surface area (Å²) in [6.45, 7) is -0.368. The number of hydrogen-bond acceptors (Lipinski definition) is 5. The van der Waals surface area contributed by atoms with E-state index in [4.69, 9.17) is 9.84 Å². The van der Waals surface area contributed by atoms with Crippen LogP contribution in [0.5, 0.6) is 0 Å². The second-order valence-corrected chi connectivity index (χ2v) is 4.21. The van der Waals surface area contributed by atoms with Crippen molar-refractivity contribution in [3.05, 3.63) is 12.2 Å². The van der Waals surface area contributed by atoms with Gasteiger partial charge in [0.1, 0.15) is 30.0 Å². The van der Waals surface area contributed by atoms with E-state index in [0.29, 0.717) is 12.8 Å². The van der Waals surface area contributed by atoms with Gasteiger partial charge >= 0.3 is 0 Å². The van der Waals surface area contributed by atoms with E-state index in [1.807, 2.05) is 12.2 Å². The molecule has 15 heavy (non-hydrogen) atoms. The first-order valence-electron chi connectivity index (χ1n) is 5.08. The van der Waals surface area contributed by atoms with Crippen LogP contribution in [-0.4, -0.2) is 57.0 Å². The molecule has 0 radical (unpaired) electrons. The summed E-state index contributed by atoms with van der Waals surface area (Å²) in [5, 5.41) is 38.1. The molecule has 1 saturated heterocycles. The highest BCUT2D eigenvalue weighted by Crippen LogP contribution is 2.39. The van der Waals surface area contributed by atoms with Crippen molar-refractivity contribution < 1.29 is 25.2 Å². The highest BCUT2D eigenvalue weighted by molar-refractivity contribution is 5.13. The van der Waals surface area contributed by atoms with Gasteiger partial charge in [-0.15, -0.1) is 0 Å². The summed E-state index contributed by atoms with van der Waals surface area (Å²) < 4.78 is 5.51. The predicted octanol–water partition coefficient (Wildman–Crippen LogP) is -1.45. The molecule has 2 rings (SSSR count). The number of aliphatic hydroxyl groups is 4. The Morgan fingerprint density at radius 2 is 1.73 bits per heavy atom. The molecule has 0 aromatic heterocycles. The predicted molar refractivity (Wildman–Crippen MR) is 51.1 cm³/mol. The van der Waals surface area contributed by atoms with Crippen LogP contribution in [0.1, 0.15) is 12.8 Å². The first kappa shape index (κ1) is 11.0. The molecule has 86 valence electrons. The molecule has 5 heteroatoms. The van der Waals surface area contributed by atoms with Crippen molar-refractivity contribution in [1.29, 1.82) is 0 Å². The summed E-state index contributed by atoms with van der Waals surface area (Å²) in [7, 11) is 0. The second-order valence-electron chi connectivity index (χ2n) is 4.21. The quantitative estimate of drug-likeness (QED) is 0.403. The third kappa shape index (κ3) is 1.60. The topological polar surface area (TPSA) is 90.2 Å². The molecule has 1 aliphatic carbocycles. The van der Waals surface area contributed by atoms with E-state index in [2.05, 4.69) is 0 Å². The van der Waals surface area contributed by atoms with Gasteiger partial charge < -0.3 is 25.2 Å². The third-order valence-electron chi connectivity index (χ3n) is 3.25. The summed E-state index contributed by atoms with van der Waals surface area (Å²) in [4.78, 5) is 0. The Balaban J connectivity index is 2.19. The maximum absolute atomic E-state index is 9.86. The van der Waals surface area contributed by atoms with Crippen LogP contribution in [0.3, 0.4) is 0 Å². The zero-order chi connectivity index (χ0) is 11.1. The van der Waals surface area contributed by atoms with Gasteiger partial charge in [0, 0.05) is 0 Å². The van der Waals surface area contributed by atoms with Gasteiger partial charge in [-0.3, -0.25) is 0 Å². The van der Waals surface area contributed by atoms with E-state index in [-0.39, 0.29) is 6.61 Å². The monoisotopic (exact) mass is 216 g/mol. The summed E-state index contributed by atoms with van der Waals surface area (Å²) in [5.41, 5.74) is -0.869. The van der Waals surface area contributed by atoms with Crippen LogP contribution in [0, 0.1) is 0 Å². The van der Waals surface area contributed by atoms with Gasteiger partial charge in [0.25, 0.3) is 0 Å². The average molecular weight is 216 g/mol. The maximum atomic E-state index is 9.86. The average Bonchev–Trinajstić information content (AvgIpc) is 2.70. The third-order valence-corrected chi connectivity index (χ3v) is 3.25. The molecular formula is C10H16O5. The van der Waals surface area contributed by atoms with Crippen LogP contribution in [0.4, 0.5) is 0 Å². The summed E-state index contributed by atoms with van der Waals surface area (Å²) in [5.74, 6) is 0. The van der Waals surface area contributed by atoms with E-state index in [1.54, 1.807) is 0 Å². The number of aliphatic hydroxyl groups excluding tert-OH is 4. The first-order chi connectivity index (χ1) is 7.10. The van der Waals surface area contributed by atoms with Crippen LogP contribution < -0.4 is 0 Å². The van der Waals surface area contributed by atoms with Gasteiger partial charge in [-0.1, -0.05) is 12.2 Å². The first-order valence-corrected chi connectivity index (χ1v) is 5.08. The second kappa shape index (κ2) is 3.84. The standard InChI is InChI=1S/C10H16O5/c11-5-6-7(12)8(13)9(14)10(15-6)3-1-2-4-10/h1-2,6-9,11-14H,3-5H2/t6-,7-,8+,9+/m1/s1. The molecule has 1 aliphatic heterocycles. The number of rotatable bonds is 1. The minimum absolute atomic E-state index is 0.368. The molecule has 0 bridgehead atoms. The normalized spacial score (nSPS) is 43.7. The van der Waals surface area contributed by atoms with Crippen LogP contribution >= 0.6 is 0 Å². The van der Waals surface area contributed by atoms with E-state index in [9.17, 15) is 15.3 Å². The molecule has 1 spiro atoms. The molecule has 0 saturated carbocycles. The van der Waals surface area contributed by atoms with Crippen LogP contribution in [-0.2, 0) is 4.74 Å². The van der Waals surface area contributed by atoms with E-state index in [0.717, 1.165) is 0 Å². The smallest absolute Gasteiger partial charge is 0.112 e. The van der Waals surface area contributed by atoms with Gasteiger partial charge in [0.2, 0.25) is 0 Å². The van der Waals surface area contributed by atoms with Crippen molar-refractivity contribution in [2.45, 2.75) is 42.9 Å². The highest BCUT2D eigenvalue weighted by Gasteiger charge is 2.52. The van der Waals surface area contributed by atoms with Gasteiger partial charge in [0.05, 0.1) is 6.61 Å². The minimum atomic E-state index is -1.27. The van der Waals surface area contributed by atoms with Crippen molar-refractivity contribution in [3.8, 4) is 0 Å². The van der Waals surface area contributed by atoms with E-state index in [1.165, 1.54) is 0 Å². The van der Waals surface area contributed by atoms with Crippen molar-refractivity contribution in [2.75, 3.05) is 6.61 Å². The molecule has 5 nitrogen and oxygen atoms in total. The Bertz CT molecular complexity index is 255. The number of hydrogen-bond donors (Lipinski definition) is 4. The van der Waals surface area contributed by atoms with Gasteiger partial charge in [0.15, 0.2) is 0 Å². The largest absolute Gasteiger partial charge is 0.394 e. The van der Waals surface area contributed by atoms with Gasteiger partial charge in [-0.25, -0.2) is 0 Å². The Kier molecular flexibility index (Phi) is 2.83. The lowest BCUT2D eigenvalue weighted by Crippen LogP contribution is -2.64. The minimum Gasteiger partial charge on any atom is -0.394 e. The van der Waals surface area contributed by atoms with Gasteiger partial charge in [-0.2, -0.15) is 0 Å². The highest BCUT2D eigenvalue weighted by atomic mass is 16.6. The maximum Gasteiger partial charge on any atom is 0.112 e. The lowest BCUT2D eigenvalue weighted by atomic mass is 9.83. The molecule has 4 N–H and O–H groups in total. The molecule has 1 fully saturated rings. The van der Waals surface area contributed by atoms with Crippen LogP contribution in [0.15, 0.2) is 12.2 Å². The van der Waals surface area contributed by atoms with E-state index < -0.39 is 30.0 Å². The summed E-state index contributed by atoms with van der Waals surface area (Å²) in [6, 6.07) is 0. The van der Waals surface area contributed by atoms with Crippen molar-refractivity contribution in [3.63, 3.8) is 0 Å². The fourth-order valence-corrected chi connectivity index (χ4v) is 2.29. The van der Waals surface area contributed by atoms with Crippen molar-refractivity contribution >= 4 is 0 Å².